The van der Waals surface area contributed by atoms with Crippen LogP contribution in [0.3, 0.4) is 0 Å². The van der Waals surface area contributed by atoms with Gasteiger partial charge < -0.3 is 30.4 Å². The lowest BCUT2D eigenvalue weighted by molar-refractivity contribution is 0.0184. The first-order valence-electron chi connectivity index (χ1n) is 7.99. The zero-order valence-corrected chi connectivity index (χ0v) is 13.8. The Morgan fingerprint density at radius 1 is 1.23 bits per heavy atom. The van der Waals surface area contributed by atoms with Gasteiger partial charge in [0.25, 0.3) is 6.01 Å². The van der Waals surface area contributed by atoms with Crippen molar-refractivity contribution in [3.63, 3.8) is 0 Å². The lowest BCUT2D eigenvalue weighted by Crippen LogP contribution is -2.35. The number of nitrogens with two attached hydrogens (primary N) is 1. The van der Waals surface area contributed by atoms with E-state index < -0.39 is 18.3 Å². The summed E-state index contributed by atoms with van der Waals surface area (Å²) in [6.45, 7) is -0.0522. The topological polar surface area (TPSA) is 131 Å². The number of amides is 1. The third kappa shape index (κ3) is 4.29. The number of aromatic nitrogens is 1. The minimum atomic E-state index is -1.22. The van der Waals surface area contributed by atoms with Gasteiger partial charge in [0.15, 0.2) is 5.58 Å². The van der Waals surface area contributed by atoms with Crippen LogP contribution in [0, 0.1) is 0 Å². The van der Waals surface area contributed by atoms with Crippen LogP contribution in [0.5, 0.6) is 0 Å². The molecule has 0 saturated carbocycles. The summed E-state index contributed by atoms with van der Waals surface area (Å²) in [5.74, 6) is 0. The summed E-state index contributed by atoms with van der Waals surface area (Å²) < 4.78 is 10.2. The number of nitrogens with one attached hydrogen (secondary N) is 1. The van der Waals surface area contributed by atoms with E-state index in [2.05, 4.69) is 10.3 Å². The number of hydrogen-bond donors (Lipinski definition) is 4. The molecule has 3 rings (SSSR count). The van der Waals surface area contributed by atoms with E-state index in [0.717, 1.165) is 5.56 Å². The van der Waals surface area contributed by atoms with Crippen LogP contribution in [0.1, 0.15) is 17.2 Å². The molecule has 2 atom stereocenters. The van der Waals surface area contributed by atoms with Gasteiger partial charge >= 0.3 is 6.09 Å². The van der Waals surface area contributed by atoms with Crippen molar-refractivity contribution in [2.75, 3.05) is 12.3 Å². The third-order valence-corrected chi connectivity index (χ3v) is 3.80. The predicted molar refractivity (Wildman–Crippen MR) is 94.0 cm³/mol. The molecular formula is C18H19N3O5. The highest BCUT2D eigenvalue weighted by Crippen LogP contribution is 2.23. The standard InChI is InChI=1S/C18H19N3O5/c19-17-21-13-8-12(6-7-15(13)26-17)16(23)14(22)9-20-18(24)25-10-11-4-2-1-3-5-11/h1-8,14,16,22-23H,9-10H2,(H2,19,21)(H,20,24). The Labute approximate surface area is 149 Å². The molecule has 0 bridgehead atoms. The molecule has 2 aromatic carbocycles. The van der Waals surface area contributed by atoms with Gasteiger partial charge in [-0.25, -0.2) is 4.79 Å². The van der Waals surface area contributed by atoms with Crippen LogP contribution in [0.2, 0.25) is 0 Å². The number of oxazole rings is 1. The molecule has 1 aromatic heterocycles. The number of hydrogen-bond acceptors (Lipinski definition) is 7. The molecule has 2 unspecified atom stereocenters. The van der Waals surface area contributed by atoms with Crippen LogP contribution in [0.4, 0.5) is 10.8 Å². The molecule has 26 heavy (non-hydrogen) atoms. The van der Waals surface area contributed by atoms with Gasteiger partial charge in [-0.2, -0.15) is 4.98 Å². The number of ether oxygens (including phenoxy) is 1. The second-order valence-electron chi connectivity index (χ2n) is 5.73. The van der Waals surface area contributed by atoms with E-state index in [4.69, 9.17) is 14.9 Å². The van der Waals surface area contributed by atoms with Crippen molar-refractivity contribution >= 4 is 23.2 Å². The van der Waals surface area contributed by atoms with Crippen molar-refractivity contribution in [2.24, 2.45) is 0 Å². The van der Waals surface area contributed by atoms with E-state index in [-0.39, 0.29) is 19.2 Å². The number of anilines is 1. The van der Waals surface area contributed by atoms with E-state index in [1.54, 1.807) is 18.2 Å². The van der Waals surface area contributed by atoms with Crippen LogP contribution in [-0.4, -0.2) is 33.9 Å². The molecule has 0 aliphatic carbocycles. The minimum absolute atomic E-state index is 0.0232. The maximum absolute atomic E-state index is 11.7. The highest BCUT2D eigenvalue weighted by atomic mass is 16.5. The number of aliphatic hydroxyl groups excluding tert-OH is 2. The summed E-state index contributed by atoms with van der Waals surface area (Å²) >= 11 is 0. The summed E-state index contributed by atoms with van der Waals surface area (Å²) in [4.78, 5) is 15.7. The van der Waals surface area contributed by atoms with Crippen molar-refractivity contribution in [3.05, 3.63) is 59.7 Å². The zero-order valence-electron chi connectivity index (χ0n) is 13.8. The van der Waals surface area contributed by atoms with Crippen molar-refractivity contribution in [2.45, 2.75) is 18.8 Å². The predicted octanol–water partition coefficient (Wildman–Crippen LogP) is 1.73. The number of nitrogen functional groups attached to an aromatic ring is 1. The normalized spacial score (nSPS) is 13.3. The lowest BCUT2D eigenvalue weighted by Gasteiger charge is -2.18. The smallest absolute Gasteiger partial charge is 0.407 e. The molecule has 136 valence electrons. The van der Waals surface area contributed by atoms with Crippen LogP contribution < -0.4 is 11.1 Å². The minimum Gasteiger partial charge on any atom is -0.445 e. The highest BCUT2D eigenvalue weighted by molar-refractivity contribution is 5.75. The average molecular weight is 357 g/mol. The monoisotopic (exact) mass is 357 g/mol. The molecule has 1 amide bonds. The van der Waals surface area contributed by atoms with E-state index in [1.807, 2.05) is 30.3 Å². The molecule has 1 heterocycles. The molecule has 0 aliphatic heterocycles. The van der Waals surface area contributed by atoms with Crippen LogP contribution >= 0.6 is 0 Å². The van der Waals surface area contributed by atoms with E-state index in [9.17, 15) is 15.0 Å². The summed E-state index contributed by atoms with van der Waals surface area (Å²) in [5.41, 5.74) is 7.71. The first-order valence-corrected chi connectivity index (χ1v) is 7.99. The van der Waals surface area contributed by atoms with Crippen molar-refractivity contribution in [3.8, 4) is 0 Å². The van der Waals surface area contributed by atoms with Gasteiger partial charge in [0.05, 0.1) is 0 Å². The third-order valence-electron chi connectivity index (χ3n) is 3.80. The summed E-state index contributed by atoms with van der Waals surface area (Å²) in [5, 5.41) is 22.8. The number of carbonyl (C=O) groups excluding carboxylic acids is 1. The van der Waals surface area contributed by atoms with Gasteiger partial charge in [0, 0.05) is 6.54 Å². The van der Waals surface area contributed by atoms with Crippen molar-refractivity contribution in [1.29, 1.82) is 0 Å². The van der Waals surface area contributed by atoms with E-state index >= 15 is 0 Å². The Balaban J connectivity index is 1.51. The maximum atomic E-state index is 11.7. The van der Waals surface area contributed by atoms with Gasteiger partial charge in [0.1, 0.15) is 24.3 Å². The van der Waals surface area contributed by atoms with Gasteiger partial charge in [-0.1, -0.05) is 36.4 Å². The number of carbonyl (C=O) groups is 1. The Morgan fingerprint density at radius 3 is 2.77 bits per heavy atom. The number of benzene rings is 2. The Morgan fingerprint density at radius 2 is 2.00 bits per heavy atom. The SMILES string of the molecule is Nc1nc2cc(C(O)C(O)CNC(=O)OCc3ccccc3)ccc2o1. The molecule has 0 spiro atoms. The van der Waals surface area contributed by atoms with Gasteiger partial charge in [0.2, 0.25) is 0 Å². The molecule has 8 heteroatoms. The quantitative estimate of drug-likeness (QED) is 0.528. The Bertz CT molecular complexity index is 881. The number of alkyl carbamates (subject to hydrolysis) is 1. The van der Waals surface area contributed by atoms with E-state index in [0.29, 0.717) is 16.7 Å². The molecule has 8 nitrogen and oxygen atoms in total. The fourth-order valence-electron chi connectivity index (χ4n) is 2.44. The molecule has 3 aromatic rings. The maximum Gasteiger partial charge on any atom is 0.407 e. The summed E-state index contributed by atoms with van der Waals surface area (Å²) in [7, 11) is 0. The van der Waals surface area contributed by atoms with Crippen LogP contribution in [0.15, 0.2) is 52.9 Å². The van der Waals surface area contributed by atoms with Crippen LogP contribution in [-0.2, 0) is 11.3 Å². The molecule has 0 radical (unpaired) electrons. The summed E-state index contributed by atoms with van der Waals surface area (Å²) in [6, 6.07) is 14.0. The number of fused-ring (bicyclic) bond motifs is 1. The number of nitrogens with zero attached hydrogens (tertiary/aromatic N) is 1. The molecule has 5 N–H and O–H groups in total. The first kappa shape index (κ1) is 17.7. The molecule has 0 saturated heterocycles. The average Bonchev–Trinajstić information content (AvgIpc) is 3.03. The largest absolute Gasteiger partial charge is 0.445 e. The Hall–Kier alpha value is -3.10. The van der Waals surface area contributed by atoms with E-state index in [1.165, 1.54) is 0 Å². The molecule has 0 fully saturated rings. The zero-order chi connectivity index (χ0) is 18.5. The molecular weight excluding hydrogens is 338 g/mol. The first-order chi connectivity index (χ1) is 12.5. The second kappa shape index (κ2) is 7.85. The lowest BCUT2D eigenvalue weighted by atomic mass is 10.0. The Kier molecular flexibility index (Phi) is 5.35. The van der Waals surface area contributed by atoms with Crippen molar-refractivity contribution in [1.82, 2.24) is 10.3 Å². The molecule has 0 aliphatic rings. The number of aliphatic hydroxyl groups is 2. The van der Waals surface area contributed by atoms with Gasteiger partial charge in [-0.05, 0) is 23.3 Å². The second-order valence-corrected chi connectivity index (χ2v) is 5.73. The van der Waals surface area contributed by atoms with Crippen molar-refractivity contribution < 1.29 is 24.2 Å². The fraction of sp³-hybridized carbons (Fsp3) is 0.222. The number of rotatable bonds is 6. The summed E-state index contributed by atoms with van der Waals surface area (Å²) in [6.07, 6.45) is -3.12. The van der Waals surface area contributed by atoms with Crippen LogP contribution in [0.25, 0.3) is 11.1 Å². The van der Waals surface area contributed by atoms with Gasteiger partial charge in [-0.15, -0.1) is 0 Å². The fourth-order valence-corrected chi connectivity index (χ4v) is 2.44. The van der Waals surface area contributed by atoms with Gasteiger partial charge in [-0.3, -0.25) is 0 Å². The highest BCUT2D eigenvalue weighted by Gasteiger charge is 2.20.